The van der Waals surface area contributed by atoms with Crippen LogP contribution in [0, 0.1) is 0 Å². The topological polar surface area (TPSA) is 63.8 Å². The van der Waals surface area contributed by atoms with Gasteiger partial charge < -0.3 is 11.1 Å². The van der Waals surface area contributed by atoms with Crippen LogP contribution in [-0.2, 0) is 0 Å². The third kappa shape index (κ3) is 3.73. The molecule has 0 unspecified atom stereocenters. The van der Waals surface area contributed by atoms with E-state index >= 15 is 0 Å². The Hall–Kier alpha value is -2.53. The zero-order valence-corrected chi connectivity index (χ0v) is 12.0. The van der Waals surface area contributed by atoms with Crippen LogP contribution in [0.3, 0.4) is 0 Å². The summed E-state index contributed by atoms with van der Waals surface area (Å²) in [5.74, 6) is 0.585. The number of nitrogens with one attached hydrogen (secondary N) is 1. The van der Waals surface area contributed by atoms with Crippen LogP contribution in [0.4, 0.5) is 17.3 Å². The smallest absolute Gasteiger partial charge is 0.228 e. The first-order valence-electron chi connectivity index (χ1n) is 6.48. The van der Waals surface area contributed by atoms with Crippen LogP contribution in [-0.4, -0.2) is 9.97 Å². The highest BCUT2D eigenvalue weighted by Crippen LogP contribution is 2.27. The summed E-state index contributed by atoms with van der Waals surface area (Å²) in [7, 11) is 0. The molecule has 0 aliphatic heterocycles. The van der Waals surface area contributed by atoms with Crippen molar-refractivity contribution in [3.63, 3.8) is 0 Å². The van der Waals surface area contributed by atoms with E-state index in [9.17, 15) is 0 Å². The van der Waals surface area contributed by atoms with Crippen molar-refractivity contribution < 1.29 is 0 Å². The van der Waals surface area contributed by atoms with E-state index in [1.165, 1.54) is 0 Å². The molecule has 0 spiro atoms. The fourth-order valence-electron chi connectivity index (χ4n) is 1.77. The average Bonchev–Trinajstić information content (AvgIpc) is 2.51. The first-order valence-corrected chi connectivity index (χ1v) is 7.30. The molecule has 0 bridgehead atoms. The SMILES string of the molecule is Nc1ccc(Sc2ccnc(Nc3ccccc3)n2)cc1. The van der Waals surface area contributed by atoms with Gasteiger partial charge in [-0.25, -0.2) is 9.97 Å². The minimum Gasteiger partial charge on any atom is -0.399 e. The maximum atomic E-state index is 5.69. The lowest BCUT2D eigenvalue weighted by molar-refractivity contribution is 1.05. The molecule has 0 atom stereocenters. The number of hydrogen-bond acceptors (Lipinski definition) is 5. The maximum absolute atomic E-state index is 5.69. The number of benzene rings is 2. The Morgan fingerprint density at radius 3 is 2.43 bits per heavy atom. The molecule has 0 saturated carbocycles. The fraction of sp³-hybridized carbons (Fsp3) is 0. The molecule has 2 aromatic carbocycles. The van der Waals surface area contributed by atoms with Gasteiger partial charge in [0, 0.05) is 22.5 Å². The predicted octanol–water partition coefficient (Wildman–Crippen LogP) is 3.95. The van der Waals surface area contributed by atoms with Gasteiger partial charge in [0.1, 0.15) is 5.03 Å². The summed E-state index contributed by atoms with van der Waals surface area (Å²) in [6, 6.07) is 19.5. The van der Waals surface area contributed by atoms with Gasteiger partial charge >= 0.3 is 0 Å². The third-order valence-corrected chi connectivity index (χ3v) is 3.71. The van der Waals surface area contributed by atoms with Crippen molar-refractivity contribution in [2.75, 3.05) is 11.1 Å². The van der Waals surface area contributed by atoms with Crippen molar-refractivity contribution in [1.29, 1.82) is 0 Å². The van der Waals surface area contributed by atoms with Crippen LogP contribution < -0.4 is 11.1 Å². The number of nitrogens with zero attached hydrogens (tertiary/aromatic N) is 2. The molecular weight excluding hydrogens is 280 g/mol. The van der Waals surface area contributed by atoms with E-state index < -0.39 is 0 Å². The van der Waals surface area contributed by atoms with Crippen LogP contribution in [0.25, 0.3) is 0 Å². The summed E-state index contributed by atoms with van der Waals surface area (Å²) < 4.78 is 0. The summed E-state index contributed by atoms with van der Waals surface area (Å²) in [6.45, 7) is 0. The highest BCUT2D eigenvalue weighted by atomic mass is 32.2. The molecule has 104 valence electrons. The molecule has 0 fully saturated rings. The number of hydrogen-bond donors (Lipinski definition) is 2. The molecule has 0 aliphatic carbocycles. The van der Waals surface area contributed by atoms with Crippen LogP contribution in [0.15, 0.2) is 76.8 Å². The zero-order chi connectivity index (χ0) is 14.5. The van der Waals surface area contributed by atoms with Crippen LogP contribution in [0.2, 0.25) is 0 Å². The van der Waals surface area contributed by atoms with Crippen LogP contribution in [0.1, 0.15) is 0 Å². The largest absolute Gasteiger partial charge is 0.399 e. The van der Waals surface area contributed by atoms with Crippen molar-refractivity contribution in [3.05, 3.63) is 66.9 Å². The number of nitrogens with two attached hydrogens (primary N) is 1. The summed E-state index contributed by atoms with van der Waals surface area (Å²) in [6.07, 6.45) is 1.75. The lowest BCUT2D eigenvalue weighted by atomic mass is 10.3. The van der Waals surface area contributed by atoms with Gasteiger partial charge in [-0.15, -0.1) is 0 Å². The van der Waals surface area contributed by atoms with Gasteiger partial charge in [-0.3, -0.25) is 0 Å². The van der Waals surface area contributed by atoms with Crippen molar-refractivity contribution in [2.45, 2.75) is 9.92 Å². The van der Waals surface area contributed by atoms with Gasteiger partial charge in [0.05, 0.1) is 0 Å². The third-order valence-electron chi connectivity index (χ3n) is 2.76. The van der Waals surface area contributed by atoms with Crippen molar-refractivity contribution >= 4 is 29.1 Å². The van der Waals surface area contributed by atoms with Gasteiger partial charge in [-0.1, -0.05) is 30.0 Å². The lowest BCUT2D eigenvalue weighted by Crippen LogP contribution is -1.96. The normalized spacial score (nSPS) is 10.3. The second-order valence-electron chi connectivity index (χ2n) is 4.38. The molecule has 3 N–H and O–H groups in total. The fourth-order valence-corrected chi connectivity index (χ4v) is 2.54. The second-order valence-corrected chi connectivity index (χ2v) is 5.47. The molecule has 4 nitrogen and oxygen atoms in total. The van der Waals surface area contributed by atoms with Gasteiger partial charge in [0.2, 0.25) is 5.95 Å². The summed E-state index contributed by atoms with van der Waals surface area (Å²) >= 11 is 1.57. The molecule has 0 amide bonds. The Bertz CT molecular complexity index is 714. The monoisotopic (exact) mass is 294 g/mol. The van der Waals surface area contributed by atoms with Crippen molar-refractivity contribution in [2.24, 2.45) is 0 Å². The van der Waals surface area contributed by atoms with Gasteiger partial charge in [-0.05, 0) is 42.5 Å². The van der Waals surface area contributed by atoms with Crippen LogP contribution in [0.5, 0.6) is 0 Å². The molecule has 3 aromatic rings. The minimum atomic E-state index is 0.585. The van der Waals surface area contributed by atoms with E-state index in [1.807, 2.05) is 60.7 Å². The van der Waals surface area contributed by atoms with Crippen molar-refractivity contribution in [3.8, 4) is 0 Å². The molecule has 1 aromatic heterocycles. The molecule has 0 aliphatic rings. The molecule has 21 heavy (non-hydrogen) atoms. The quantitative estimate of drug-likeness (QED) is 0.563. The Labute approximate surface area is 127 Å². The van der Waals surface area contributed by atoms with Gasteiger partial charge in [0.25, 0.3) is 0 Å². The van der Waals surface area contributed by atoms with E-state index in [0.717, 1.165) is 21.3 Å². The number of para-hydroxylation sites is 1. The molecule has 0 saturated heterocycles. The van der Waals surface area contributed by atoms with E-state index in [-0.39, 0.29) is 0 Å². The maximum Gasteiger partial charge on any atom is 0.228 e. The molecule has 1 heterocycles. The average molecular weight is 294 g/mol. The first kappa shape index (κ1) is 13.5. The van der Waals surface area contributed by atoms with E-state index in [4.69, 9.17) is 5.73 Å². The van der Waals surface area contributed by atoms with E-state index in [0.29, 0.717) is 5.95 Å². The lowest BCUT2D eigenvalue weighted by Gasteiger charge is -2.06. The zero-order valence-electron chi connectivity index (χ0n) is 11.2. The minimum absolute atomic E-state index is 0.585. The molecule has 5 heteroatoms. The highest BCUT2D eigenvalue weighted by Gasteiger charge is 2.02. The van der Waals surface area contributed by atoms with Crippen LogP contribution >= 0.6 is 11.8 Å². The van der Waals surface area contributed by atoms with Gasteiger partial charge in [-0.2, -0.15) is 0 Å². The van der Waals surface area contributed by atoms with Gasteiger partial charge in [0.15, 0.2) is 0 Å². The Balaban J connectivity index is 1.75. The number of aromatic nitrogens is 2. The first-order chi connectivity index (χ1) is 10.3. The molecule has 3 rings (SSSR count). The summed E-state index contributed by atoms with van der Waals surface area (Å²) in [4.78, 5) is 9.82. The highest BCUT2D eigenvalue weighted by molar-refractivity contribution is 7.99. The van der Waals surface area contributed by atoms with E-state index in [2.05, 4.69) is 15.3 Å². The Morgan fingerprint density at radius 1 is 0.905 bits per heavy atom. The standard InChI is InChI=1S/C16H14N4S/c17-12-6-8-14(9-7-12)21-15-10-11-18-16(20-15)19-13-4-2-1-3-5-13/h1-11H,17H2,(H,18,19,20). The molecular formula is C16H14N4S. The number of anilines is 3. The summed E-state index contributed by atoms with van der Waals surface area (Å²) in [5, 5.41) is 4.07. The number of nitrogen functional groups attached to an aromatic ring is 1. The Kier molecular flexibility index (Phi) is 4.02. The Morgan fingerprint density at radius 2 is 1.67 bits per heavy atom. The summed E-state index contributed by atoms with van der Waals surface area (Å²) in [5.41, 5.74) is 7.41. The number of rotatable bonds is 4. The second kappa shape index (κ2) is 6.28. The van der Waals surface area contributed by atoms with E-state index in [1.54, 1.807) is 18.0 Å². The predicted molar refractivity (Wildman–Crippen MR) is 86.7 cm³/mol. The molecule has 0 radical (unpaired) electrons. The van der Waals surface area contributed by atoms with Crippen molar-refractivity contribution in [1.82, 2.24) is 9.97 Å².